The van der Waals surface area contributed by atoms with E-state index in [1.54, 1.807) is 12.1 Å². The van der Waals surface area contributed by atoms with Gasteiger partial charge < -0.3 is 20.8 Å². The summed E-state index contributed by atoms with van der Waals surface area (Å²) in [5.41, 5.74) is 5.13. The molecule has 4 N–H and O–H groups in total. The van der Waals surface area contributed by atoms with Gasteiger partial charge in [-0.2, -0.15) is 0 Å². The monoisotopic (exact) mass is 472 g/mol. The fourth-order valence-corrected chi connectivity index (χ4v) is 4.75. The molecule has 1 aliphatic carbocycles. The first kappa shape index (κ1) is 24.6. The summed E-state index contributed by atoms with van der Waals surface area (Å²) in [5.74, 6) is -0.774. The van der Waals surface area contributed by atoms with Crippen molar-refractivity contribution >= 4 is 23.2 Å². The Kier molecular flexibility index (Phi) is 7.95. The lowest BCUT2D eigenvalue weighted by Gasteiger charge is -2.31. The molecule has 35 heavy (non-hydrogen) atoms. The van der Waals surface area contributed by atoms with Gasteiger partial charge in [0.2, 0.25) is 0 Å². The van der Waals surface area contributed by atoms with Crippen LogP contribution in [-0.2, 0) is 6.42 Å². The number of anilines is 2. The minimum Gasteiger partial charge on any atom is -0.368 e. The van der Waals surface area contributed by atoms with Gasteiger partial charge in [-0.3, -0.25) is 4.79 Å². The van der Waals surface area contributed by atoms with E-state index in [0.717, 1.165) is 36.1 Å². The number of ketones is 1. The van der Waals surface area contributed by atoms with Gasteiger partial charge in [0.05, 0.1) is 0 Å². The smallest absolute Gasteiger partial charge is 0.323 e. The molecule has 2 amide bonds. The van der Waals surface area contributed by atoms with Gasteiger partial charge in [0.15, 0.2) is 12.1 Å². The highest BCUT2D eigenvalue weighted by Crippen LogP contribution is 2.34. The number of benzene rings is 3. The average molecular weight is 473 g/mol. The zero-order valence-corrected chi connectivity index (χ0v) is 19.9. The normalized spacial score (nSPS) is 17.7. The van der Waals surface area contributed by atoms with E-state index in [0.29, 0.717) is 24.1 Å². The minimum atomic E-state index is -1.46. The van der Waals surface area contributed by atoms with Crippen LogP contribution >= 0.6 is 0 Å². The lowest BCUT2D eigenvalue weighted by molar-refractivity contribution is -0.104. The molecular weight excluding hydrogens is 440 g/mol. The molecule has 3 aromatic rings. The van der Waals surface area contributed by atoms with E-state index < -0.39 is 12.2 Å². The van der Waals surface area contributed by atoms with Crippen molar-refractivity contribution in [3.63, 3.8) is 0 Å². The van der Waals surface area contributed by atoms with Crippen LogP contribution < -0.4 is 10.6 Å². The lowest BCUT2D eigenvalue weighted by atomic mass is 9.75. The van der Waals surface area contributed by atoms with Crippen LogP contribution in [0.5, 0.6) is 0 Å². The number of aliphatic hydroxyl groups excluding tert-OH is 1. The molecule has 6 nitrogen and oxygen atoms in total. The van der Waals surface area contributed by atoms with Gasteiger partial charge >= 0.3 is 6.03 Å². The molecule has 0 aromatic heterocycles. The zero-order chi connectivity index (χ0) is 24.8. The predicted octanol–water partition coefficient (Wildman–Crippen LogP) is 5.86. The van der Waals surface area contributed by atoms with E-state index in [1.165, 1.54) is 5.56 Å². The molecule has 0 spiro atoms. The molecule has 6 heteroatoms. The third-order valence-electron chi connectivity index (χ3n) is 6.80. The Hall–Kier alpha value is -3.48. The number of carbonyl (C=O) groups is 2. The summed E-state index contributed by atoms with van der Waals surface area (Å²) in [7, 11) is 0. The molecule has 0 saturated heterocycles. The Balaban J connectivity index is 1.37. The van der Waals surface area contributed by atoms with Crippen LogP contribution in [0, 0.1) is 11.8 Å². The molecule has 0 aliphatic heterocycles. The number of hydrogen-bond acceptors (Lipinski definition) is 4. The first-order valence-corrected chi connectivity index (χ1v) is 12.2. The topological polar surface area (TPSA) is 98.7 Å². The first-order chi connectivity index (χ1) is 16.9. The van der Waals surface area contributed by atoms with Gasteiger partial charge in [-0.1, -0.05) is 68.3 Å². The van der Waals surface area contributed by atoms with Crippen molar-refractivity contribution in [2.75, 3.05) is 10.6 Å². The molecule has 1 fully saturated rings. The van der Waals surface area contributed by atoms with Crippen LogP contribution in [0.25, 0.3) is 11.1 Å². The quantitative estimate of drug-likeness (QED) is 0.256. The molecule has 0 radical (unpaired) electrons. The van der Waals surface area contributed by atoms with Crippen LogP contribution in [0.2, 0.25) is 0 Å². The van der Waals surface area contributed by atoms with Crippen molar-refractivity contribution in [1.29, 1.82) is 0 Å². The summed E-state index contributed by atoms with van der Waals surface area (Å²) >= 11 is 0. The van der Waals surface area contributed by atoms with Crippen LogP contribution in [0.4, 0.5) is 16.2 Å². The SMILES string of the molecule is CCc1ccc(NC(=O)Nc2ccc(-c3ccc(C(=O)[C@H]4CCCC[C@@H]4C(O)O)cc3)cc2)cc1. The van der Waals surface area contributed by atoms with Gasteiger partial charge in [-0.25, -0.2) is 4.79 Å². The number of urea groups is 1. The summed E-state index contributed by atoms with van der Waals surface area (Å²) < 4.78 is 0. The van der Waals surface area contributed by atoms with Crippen molar-refractivity contribution in [2.45, 2.75) is 45.3 Å². The Morgan fingerprint density at radius 3 is 1.86 bits per heavy atom. The molecule has 1 aliphatic rings. The van der Waals surface area contributed by atoms with E-state index in [-0.39, 0.29) is 17.7 Å². The number of aryl methyl sites for hydroxylation is 1. The summed E-state index contributed by atoms with van der Waals surface area (Å²) in [6.07, 6.45) is 2.70. The Morgan fingerprint density at radius 2 is 1.31 bits per heavy atom. The molecule has 1 saturated carbocycles. The number of nitrogens with one attached hydrogen (secondary N) is 2. The highest BCUT2D eigenvalue weighted by Gasteiger charge is 2.35. The van der Waals surface area contributed by atoms with Crippen molar-refractivity contribution in [3.8, 4) is 11.1 Å². The third kappa shape index (κ3) is 6.15. The Bertz CT molecular complexity index is 1140. The number of Topliss-reactive ketones (excluding diaryl/α,β-unsaturated/α-hetero) is 1. The molecule has 0 heterocycles. The number of amides is 2. The van der Waals surface area contributed by atoms with Gasteiger partial charge in [0, 0.05) is 28.8 Å². The maximum atomic E-state index is 13.0. The van der Waals surface area contributed by atoms with Crippen LogP contribution in [0.3, 0.4) is 0 Å². The Morgan fingerprint density at radius 1 is 0.800 bits per heavy atom. The minimum absolute atomic E-state index is 0.0238. The number of hydrogen-bond donors (Lipinski definition) is 4. The van der Waals surface area contributed by atoms with E-state index in [1.807, 2.05) is 60.7 Å². The first-order valence-electron chi connectivity index (χ1n) is 12.2. The van der Waals surface area contributed by atoms with Crippen molar-refractivity contribution in [3.05, 3.63) is 83.9 Å². The van der Waals surface area contributed by atoms with E-state index in [4.69, 9.17) is 0 Å². The van der Waals surface area contributed by atoms with Gasteiger partial charge in [0.1, 0.15) is 0 Å². The van der Waals surface area contributed by atoms with Gasteiger partial charge in [-0.05, 0) is 60.2 Å². The van der Waals surface area contributed by atoms with E-state index in [2.05, 4.69) is 17.6 Å². The molecule has 4 rings (SSSR count). The lowest BCUT2D eigenvalue weighted by Crippen LogP contribution is -2.35. The van der Waals surface area contributed by atoms with Crippen LogP contribution in [0.15, 0.2) is 72.8 Å². The van der Waals surface area contributed by atoms with Gasteiger partial charge in [0.25, 0.3) is 0 Å². The summed E-state index contributed by atoms with van der Waals surface area (Å²) in [6.45, 7) is 2.09. The molecular formula is C29H32N2O4. The third-order valence-corrected chi connectivity index (χ3v) is 6.80. The standard InChI is InChI=1S/C29H32N2O4/c1-2-19-7-15-23(16-8-19)30-29(35)31-24-17-13-21(14-18-24)20-9-11-22(12-10-20)27(32)25-5-3-4-6-26(25)28(33)34/h7-18,25-26,28,33-34H,2-6H2,1H3,(H2,30,31,35)/t25-,26-/m0/s1. The van der Waals surface area contributed by atoms with Crippen molar-refractivity contribution in [1.82, 2.24) is 0 Å². The van der Waals surface area contributed by atoms with Crippen LogP contribution in [0.1, 0.15) is 48.5 Å². The highest BCUT2D eigenvalue weighted by molar-refractivity contribution is 6.00. The summed E-state index contributed by atoms with van der Waals surface area (Å²) in [5, 5.41) is 25.0. The number of rotatable bonds is 7. The number of carbonyl (C=O) groups excluding carboxylic acids is 2. The fourth-order valence-electron chi connectivity index (χ4n) is 4.75. The fraction of sp³-hybridized carbons (Fsp3) is 0.310. The second-order valence-electron chi connectivity index (χ2n) is 9.12. The van der Waals surface area contributed by atoms with Gasteiger partial charge in [-0.15, -0.1) is 0 Å². The maximum Gasteiger partial charge on any atom is 0.323 e. The average Bonchev–Trinajstić information content (AvgIpc) is 2.89. The maximum absolute atomic E-state index is 13.0. The molecule has 182 valence electrons. The summed E-state index contributed by atoms with van der Waals surface area (Å²) in [6, 6.07) is 22.4. The number of aliphatic hydroxyl groups is 2. The summed E-state index contributed by atoms with van der Waals surface area (Å²) in [4.78, 5) is 25.3. The predicted molar refractivity (Wildman–Crippen MR) is 138 cm³/mol. The second kappa shape index (κ2) is 11.3. The zero-order valence-electron chi connectivity index (χ0n) is 19.9. The highest BCUT2D eigenvalue weighted by atomic mass is 16.5. The largest absolute Gasteiger partial charge is 0.368 e. The molecule has 0 bridgehead atoms. The second-order valence-corrected chi connectivity index (χ2v) is 9.12. The van der Waals surface area contributed by atoms with E-state index in [9.17, 15) is 19.8 Å². The van der Waals surface area contributed by atoms with Crippen molar-refractivity contribution in [2.24, 2.45) is 11.8 Å². The van der Waals surface area contributed by atoms with Crippen molar-refractivity contribution < 1.29 is 19.8 Å². The van der Waals surface area contributed by atoms with Crippen LogP contribution in [-0.4, -0.2) is 28.3 Å². The van der Waals surface area contributed by atoms with E-state index >= 15 is 0 Å². The molecule has 0 unspecified atom stereocenters. The molecule has 2 atom stereocenters. The molecule has 3 aromatic carbocycles. The Labute approximate surface area is 206 Å².